The smallest absolute Gasteiger partial charge is 0.396 e. The summed E-state index contributed by atoms with van der Waals surface area (Å²) in [6.45, 7) is 1.72. The number of nitrogens with one attached hydrogen (secondary N) is 1. The topological polar surface area (TPSA) is 121 Å². The molecule has 24 heavy (non-hydrogen) atoms. The molecule has 3 aromatic rings. The molecule has 0 saturated heterocycles. The molecule has 0 saturated carbocycles. The van der Waals surface area contributed by atoms with Gasteiger partial charge in [-0.1, -0.05) is 11.3 Å². The van der Waals surface area contributed by atoms with E-state index in [0.29, 0.717) is 33.4 Å². The van der Waals surface area contributed by atoms with Crippen LogP contribution < -0.4 is 20.9 Å². The first kappa shape index (κ1) is 19.7. The van der Waals surface area contributed by atoms with Gasteiger partial charge in [0.15, 0.2) is 17.2 Å². The summed E-state index contributed by atoms with van der Waals surface area (Å²) in [5, 5.41) is 11.7. The van der Waals surface area contributed by atoms with Crippen molar-refractivity contribution in [3.05, 3.63) is 33.3 Å². The van der Waals surface area contributed by atoms with E-state index in [0.717, 1.165) is 11.3 Å². The molecule has 0 amide bonds. The number of hydrazone groups is 1. The van der Waals surface area contributed by atoms with Crippen LogP contribution in [0.4, 0.5) is 5.95 Å². The Morgan fingerprint density at radius 2 is 2.17 bits per heavy atom. The number of methoxy groups -OCH3 is 1. The highest BCUT2D eigenvalue weighted by Gasteiger charge is 2.12. The lowest BCUT2D eigenvalue weighted by atomic mass is 10.2. The summed E-state index contributed by atoms with van der Waals surface area (Å²) in [5.74, 6) is 7.05. The third-order valence-electron chi connectivity index (χ3n) is 2.93. The maximum Gasteiger partial charge on any atom is 0.396 e. The van der Waals surface area contributed by atoms with Gasteiger partial charge in [0.05, 0.1) is 18.0 Å². The number of hydrogen-bond acceptors (Lipinski definition) is 9. The van der Waals surface area contributed by atoms with Crippen molar-refractivity contribution in [3.8, 4) is 5.75 Å². The monoisotopic (exact) mass is 392 g/mol. The van der Waals surface area contributed by atoms with Crippen LogP contribution in [0.2, 0.25) is 0 Å². The Morgan fingerprint density at radius 1 is 1.42 bits per heavy atom. The standard InChI is InChI=1S/C12H12N6O3S.2ClH/c1-6-15-17-11(18(6)13)16-14-5-7-3-4-8(20-2)9-10(7)22-12(19)21-9;;/h3-5H,13H2,1-2H3,(H,16,17);2*1H. The number of ether oxygens (including phenoxy) is 1. The number of fused-ring (bicyclic) bond motifs is 1. The zero-order valence-corrected chi connectivity index (χ0v) is 15.0. The van der Waals surface area contributed by atoms with Crippen LogP contribution in [-0.4, -0.2) is 28.2 Å². The van der Waals surface area contributed by atoms with Gasteiger partial charge in [-0.25, -0.2) is 14.9 Å². The molecule has 3 rings (SSSR count). The Kier molecular flexibility index (Phi) is 6.58. The molecular formula is C12H14Cl2N6O3S. The molecular weight excluding hydrogens is 379 g/mol. The highest BCUT2D eigenvalue weighted by Crippen LogP contribution is 2.29. The number of nitrogen functional groups attached to an aromatic ring is 1. The van der Waals surface area contributed by atoms with Crippen molar-refractivity contribution >= 4 is 58.6 Å². The number of hydrogen-bond donors (Lipinski definition) is 2. The molecule has 2 aromatic heterocycles. The number of nitrogens with zero attached hydrogens (tertiary/aromatic N) is 4. The van der Waals surface area contributed by atoms with Gasteiger partial charge in [-0.05, 0) is 19.1 Å². The van der Waals surface area contributed by atoms with E-state index in [9.17, 15) is 4.79 Å². The molecule has 0 fully saturated rings. The Bertz CT molecular complexity index is 919. The number of rotatable bonds is 4. The second kappa shape index (κ2) is 7.99. The number of benzene rings is 1. The van der Waals surface area contributed by atoms with Gasteiger partial charge >= 0.3 is 4.94 Å². The molecule has 0 unspecified atom stereocenters. The molecule has 0 radical (unpaired) electrons. The third-order valence-corrected chi connectivity index (χ3v) is 3.81. The summed E-state index contributed by atoms with van der Waals surface area (Å²) in [6.07, 6.45) is 1.54. The third kappa shape index (κ3) is 3.61. The van der Waals surface area contributed by atoms with E-state index < -0.39 is 4.94 Å². The van der Waals surface area contributed by atoms with E-state index in [2.05, 4.69) is 20.7 Å². The zero-order chi connectivity index (χ0) is 15.7. The minimum Gasteiger partial charge on any atom is -0.493 e. The molecule has 0 atom stereocenters. The predicted octanol–water partition coefficient (Wildman–Crippen LogP) is 1.77. The van der Waals surface area contributed by atoms with Crippen molar-refractivity contribution in [3.63, 3.8) is 0 Å². The molecule has 0 spiro atoms. The van der Waals surface area contributed by atoms with Crippen LogP contribution in [0, 0.1) is 6.92 Å². The number of aromatic nitrogens is 3. The maximum absolute atomic E-state index is 11.4. The fourth-order valence-corrected chi connectivity index (χ4v) is 2.58. The SMILES string of the molecule is COc1ccc(C=NNc2nnc(C)n2N)c2sc(=O)oc12.Cl.Cl. The second-order valence-corrected chi connectivity index (χ2v) is 5.23. The quantitative estimate of drug-likeness (QED) is 0.394. The molecule has 12 heteroatoms. The van der Waals surface area contributed by atoms with Gasteiger partial charge in [-0.15, -0.1) is 35.0 Å². The van der Waals surface area contributed by atoms with Gasteiger partial charge in [0.2, 0.25) is 0 Å². The van der Waals surface area contributed by atoms with Gasteiger partial charge in [0, 0.05) is 5.56 Å². The predicted molar refractivity (Wildman–Crippen MR) is 97.5 cm³/mol. The summed E-state index contributed by atoms with van der Waals surface area (Å²) in [5.41, 5.74) is 3.79. The number of nitrogens with two attached hydrogens (primary N) is 1. The molecule has 0 aliphatic heterocycles. The van der Waals surface area contributed by atoms with Crippen LogP contribution >= 0.6 is 36.2 Å². The van der Waals surface area contributed by atoms with E-state index in [-0.39, 0.29) is 24.8 Å². The maximum atomic E-state index is 11.4. The first-order chi connectivity index (χ1) is 10.6. The molecule has 0 aliphatic rings. The number of halogens is 2. The van der Waals surface area contributed by atoms with Crippen molar-refractivity contribution in [2.45, 2.75) is 6.92 Å². The van der Waals surface area contributed by atoms with Crippen LogP contribution in [0.5, 0.6) is 5.75 Å². The highest BCUT2D eigenvalue weighted by molar-refractivity contribution is 7.16. The van der Waals surface area contributed by atoms with Gasteiger partial charge in [-0.2, -0.15) is 5.10 Å². The second-order valence-electron chi connectivity index (χ2n) is 4.28. The molecule has 9 nitrogen and oxygen atoms in total. The lowest BCUT2D eigenvalue weighted by Crippen LogP contribution is -2.13. The summed E-state index contributed by atoms with van der Waals surface area (Å²) in [7, 11) is 1.51. The van der Waals surface area contributed by atoms with Crippen molar-refractivity contribution in [1.82, 2.24) is 14.9 Å². The molecule has 2 heterocycles. The van der Waals surface area contributed by atoms with Crippen molar-refractivity contribution in [2.75, 3.05) is 18.4 Å². The van der Waals surface area contributed by atoms with E-state index in [1.165, 1.54) is 18.0 Å². The van der Waals surface area contributed by atoms with Gasteiger partial charge in [-0.3, -0.25) is 0 Å². The van der Waals surface area contributed by atoms with Gasteiger partial charge in [0.1, 0.15) is 0 Å². The molecule has 1 aromatic carbocycles. The Labute approximate surface area is 152 Å². The molecule has 3 N–H and O–H groups in total. The minimum atomic E-state index is -0.403. The molecule has 0 aliphatic carbocycles. The summed E-state index contributed by atoms with van der Waals surface area (Å²) >= 11 is 0.983. The van der Waals surface area contributed by atoms with Crippen LogP contribution in [-0.2, 0) is 0 Å². The zero-order valence-electron chi connectivity index (χ0n) is 12.5. The average Bonchev–Trinajstić information content (AvgIpc) is 3.04. The van der Waals surface area contributed by atoms with E-state index in [1.807, 2.05) is 0 Å². The Morgan fingerprint density at radius 3 is 2.79 bits per heavy atom. The largest absolute Gasteiger partial charge is 0.493 e. The van der Waals surface area contributed by atoms with E-state index in [1.54, 1.807) is 19.1 Å². The first-order valence-corrected chi connectivity index (χ1v) is 6.98. The van der Waals surface area contributed by atoms with E-state index >= 15 is 0 Å². The minimum absolute atomic E-state index is 0. The Balaban J connectivity index is 0.00000144. The highest BCUT2D eigenvalue weighted by atomic mass is 35.5. The number of anilines is 1. The summed E-state index contributed by atoms with van der Waals surface area (Å²) < 4.78 is 12.2. The van der Waals surface area contributed by atoms with Crippen LogP contribution in [0.1, 0.15) is 11.4 Å². The summed E-state index contributed by atoms with van der Waals surface area (Å²) in [4.78, 5) is 11.0. The van der Waals surface area contributed by atoms with Gasteiger partial charge < -0.3 is 15.0 Å². The number of aryl methyl sites for hydroxylation is 1. The normalized spacial score (nSPS) is 10.4. The van der Waals surface area contributed by atoms with E-state index in [4.69, 9.17) is 15.0 Å². The average molecular weight is 393 g/mol. The molecule has 0 bridgehead atoms. The van der Waals surface area contributed by atoms with Gasteiger partial charge in [0.25, 0.3) is 5.95 Å². The van der Waals surface area contributed by atoms with Crippen LogP contribution in [0.25, 0.3) is 10.3 Å². The van der Waals surface area contributed by atoms with Crippen molar-refractivity contribution in [2.24, 2.45) is 5.10 Å². The fraction of sp³-hybridized carbons (Fsp3) is 0.167. The molecule has 130 valence electrons. The fourth-order valence-electron chi connectivity index (χ4n) is 1.82. The first-order valence-electron chi connectivity index (χ1n) is 6.17. The lowest BCUT2D eigenvalue weighted by Gasteiger charge is -2.02. The van der Waals surface area contributed by atoms with Crippen molar-refractivity contribution < 1.29 is 9.15 Å². The van der Waals surface area contributed by atoms with Crippen molar-refractivity contribution in [1.29, 1.82) is 0 Å². The Hall–Kier alpha value is -2.30. The summed E-state index contributed by atoms with van der Waals surface area (Å²) in [6, 6.07) is 3.48. The lowest BCUT2D eigenvalue weighted by molar-refractivity contribution is 0.408. The van der Waals surface area contributed by atoms with Crippen LogP contribution in [0.3, 0.4) is 0 Å². The van der Waals surface area contributed by atoms with Crippen LogP contribution in [0.15, 0.2) is 26.4 Å².